The number of H-pyrrole nitrogens is 1. The van der Waals surface area contributed by atoms with Crippen LogP contribution in [-0.2, 0) is 11.2 Å². The van der Waals surface area contributed by atoms with E-state index < -0.39 is 0 Å². The molecule has 1 fully saturated rings. The molecule has 0 radical (unpaired) electrons. The van der Waals surface area contributed by atoms with Crippen molar-refractivity contribution < 1.29 is 4.79 Å². The molecule has 1 heterocycles. The van der Waals surface area contributed by atoms with E-state index in [4.69, 9.17) is 0 Å². The number of carbonyl (C=O) groups is 1. The van der Waals surface area contributed by atoms with Crippen molar-refractivity contribution >= 4 is 5.91 Å². The number of nitrogens with one attached hydrogen (secondary N) is 3. The van der Waals surface area contributed by atoms with Crippen LogP contribution in [0.5, 0.6) is 0 Å². The van der Waals surface area contributed by atoms with Crippen LogP contribution in [0.25, 0.3) is 0 Å². The topological polar surface area (TPSA) is 74.0 Å². The van der Waals surface area contributed by atoms with Crippen LogP contribution < -0.4 is 16.2 Å². The fraction of sp³-hybridized carbons (Fsp3) is 0.600. The van der Waals surface area contributed by atoms with Crippen LogP contribution in [0.4, 0.5) is 0 Å². The van der Waals surface area contributed by atoms with Crippen LogP contribution in [0.1, 0.15) is 49.4 Å². The predicted molar refractivity (Wildman–Crippen MR) is 76.5 cm³/mol. The van der Waals surface area contributed by atoms with Crippen molar-refractivity contribution in [3.8, 4) is 0 Å². The maximum atomic E-state index is 11.6. The molecule has 2 aliphatic rings. The summed E-state index contributed by atoms with van der Waals surface area (Å²) in [5.41, 5.74) is 2.19. The molecule has 20 heavy (non-hydrogen) atoms. The second-order valence-corrected chi connectivity index (χ2v) is 5.75. The molecule has 1 aromatic heterocycles. The number of aryl methyl sites for hydroxylation is 1. The molecule has 1 amide bonds. The lowest BCUT2D eigenvalue weighted by molar-refractivity contribution is -0.121. The average molecular weight is 275 g/mol. The lowest BCUT2D eigenvalue weighted by atomic mass is 9.91. The standard InChI is InChI=1S/C15H21N3O2/c19-14-7-6-11-12(2-1-3-13(11)18-14)16-9-8-15(20)17-10-4-5-10/h6-7,10,12,16H,1-5,8-9H2,(H,17,20)(H,18,19). The molecule has 1 atom stereocenters. The van der Waals surface area contributed by atoms with E-state index in [1.165, 1.54) is 5.56 Å². The van der Waals surface area contributed by atoms with Crippen LogP contribution in [-0.4, -0.2) is 23.5 Å². The largest absolute Gasteiger partial charge is 0.353 e. The Hall–Kier alpha value is -1.62. The lowest BCUT2D eigenvalue weighted by Gasteiger charge is -2.25. The summed E-state index contributed by atoms with van der Waals surface area (Å²) in [5, 5.41) is 6.43. The van der Waals surface area contributed by atoms with E-state index in [1.807, 2.05) is 6.07 Å². The van der Waals surface area contributed by atoms with Gasteiger partial charge < -0.3 is 15.6 Å². The fourth-order valence-electron chi connectivity index (χ4n) is 2.80. The van der Waals surface area contributed by atoms with Gasteiger partial charge in [-0.1, -0.05) is 6.07 Å². The van der Waals surface area contributed by atoms with Crippen molar-refractivity contribution in [2.45, 2.75) is 50.6 Å². The van der Waals surface area contributed by atoms with Crippen LogP contribution in [0.3, 0.4) is 0 Å². The molecular weight excluding hydrogens is 254 g/mol. The zero-order valence-electron chi connectivity index (χ0n) is 11.6. The molecule has 0 aliphatic heterocycles. The number of amides is 1. The summed E-state index contributed by atoms with van der Waals surface area (Å²) < 4.78 is 0. The maximum absolute atomic E-state index is 11.6. The van der Waals surface area contributed by atoms with Gasteiger partial charge in [0, 0.05) is 36.8 Å². The van der Waals surface area contributed by atoms with Gasteiger partial charge in [0.1, 0.15) is 0 Å². The molecule has 0 aromatic carbocycles. The number of carbonyl (C=O) groups excluding carboxylic acids is 1. The predicted octanol–water partition coefficient (Wildman–Crippen LogP) is 1.01. The number of fused-ring (bicyclic) bond motifs is 1. The minimum Gasteiger partial charge on any atom is -0.353 e. The second kappa shape index (κ2) is 5.79. The first-order valence-corrected chi connectivity index (χ1v) is 7.47. The van der Waals surface area contributed by atoms with Crippen molar-refractivity contribution in [1.82, 2.24) is 15.6 Å². The Morgan fingerprint density at radius 3 is 2.95 bits per heavy atom. The minimum atomic E-state index is -0.0341. The number of aromatic nitrogens is 1. The Morgan fingerprint density at radius 1 is 1.30 bits per heavy atom. The zero-order chi connectivity index (χ0) is 13.9. The maximum Gasteiger partial charge on any atom is 0.248 e. The van der Waals surface area contributed by atoms with Crippen molar-refractivity contribution in [3.05, 3.63) is 33.7 Å². The van der Waals surface area contributed by atoms with Gasteiger partial charge in [-0.25, -0.2) is 0 Å². The third kappa shape index (κ3) is 3.28. The van der Waals surface area contributed by atoms with Gasteiger partial charge in [0.2, 0.25) is 11.5 Å². The molecule has 3 rings (SSSR count). The first-order chi connectivity index (χ1) is 9.72. The summed E-state index contributed by atoms with van der Waals surface area (Å²) in [7, 11) is 0. The van der Waals surface area contributed by atoms with Crippen molar-refractivity contribution in [2.24, 2.45) is 0 Å². The quantitative estimate of drug-likeness (QED) is 0.751. The highest BCUT2D eigenvalue weighted by Gasteiger charge is 2.23. The number of aromatic amines is 1. The van der Waals surface area contributed by atoms with Gasteiger partial charge in [-0.05, 0) is 37.7 Å². The fourth-order valence-corrected chi connectivity index (χ4v) is 2.80. The Morgan fingerprint density at radius 2 is 2.15 bits per heavy atom. The van der Waals surface area contributed by atoms with Crippen LogP contribution in [0, 0.1) is 0 Å². The smallest absolute Gasteiger partial charge is 0.248 e. The summed E-state index contributed by atoms with van der Waals surface area (Å²) in [6.07, 6.45) is 5.84. The summed E-state index contributed by atoms with van der Waals surface area (Å²) in [4.78, 5) is 25.9. The highest BCUT2D eigenvalue weighted by atomic mass is 16.1. The van der Waals surface area contributed by atoms with Gasteiger partial charge in [-0.15, -0.1) is 0 Å². The van der Waals surface area contributed by atoms with E-state index in [1.54, 1.807) is 6.07 Å². The Kier molecular flexibility index (Phi) is 3.87. The van der Waals surface area contributed by atoms with Gasteiger partial charge in [0.05, 0.1) is 0 Å². The van der Waals surface area contributed by atoms with Gasteiger partial charge >= 0.3 is 0 Å². The third-order valence-corrected chi connectivity index (χ3v) is 4.02. The van der Waals surface area contributed by atoms with Gasteiger partial charge in [-0.3, -0.25) is 9.59 Å². The summed E-state index contributed by atoms with van der Waals surface area (Å²) >= 11 is 0. The molecule has 0 bridgehead atoms. The SMILES string of the molecule is O=C(CCNC1CCCc2[nH]c(=O)ccc21)NC1CC1. The molecule has 1 aromatic rings. The Balaban J connectivity index is 1.53. The van der Waals surface area contributed by atoms with Gasteiger partial charge in [0.25, 0.3) is 0 Å². The van der Waals surface area contributed by atoms with E-state index in [9.17, 15) is 9.59 Å². The number of hydrogen-bond donors (Lipinski definition) is 3. The van der Waals surface area contributed by atoms with Crippen molar-refractivity contribution in [1.29, 1.82) is 0 Å². The van der Waals surface area contributed by atoms with Crippen LogP contribution in [0.2, 0.25) is 0 Å². The van der Waals surface area contributed by atoms with Gasteiger partial charge in [0.15, 0.2) is 0 Å². The monoisotopic (exact) mass is 275 g/mol. The minimum absolute atomic E-state index is 0.0341. The molecule has 0 spiro atoms. The molecule has 0 saturated heterocycles. The number of pyridine rings is 1. The lowest BCUT2D eigenvalue weighted by Crippen LogP contribution is -2.32. The van der Waals surface area contributed by atoms with Gasteiger partial charge in [-0.2, -0.15) is 0 Å². The van der Waals surface area contributed by atoms with E-state index >= 15 is 0 Å². The molecule has 3 N–H and O–H groups in total. The molecule has 5 nitrogen and oxygen atoms in total. The summed E-state index contributed by atoms with van der Waals surface area (Å²) in [6.45, 7) is 0.682. The molecule has 2 aliphatic carbocycles. The van der Waals surface area contributed by atoms with Crippen molar-refractivity contribution in [2.75, 3.05) is 6.54 Å². The Bertz CT molecular complexity index is 548. The first-order valence-electron chi connectivity index (χ1n) is 7.47. The Labute approximate surface area is 118 Å². The number of rotatable bonds is 5. The molecule has 5 heteroatoms. The van der Waals surface area contributed by atoms with E-state index in [0.29, 0.717) is 19.0 Å². The second-order valence-electron chi connectivity index (χ2n) is 5.75. The average Bonchev–Trinajstić information content (AvgIpc) is 3.22. The molecule has 108 valence electrons. The van der Waals surface area contributed by atoms with E-state index in [-0.39, 0.29) is 17.5 Å². The summed E-state index contributed by atoms with van der Waals surface area (Å²) in [6, 6.07) is 4.18. The van der Waals surface area contributed by atoms with Crippen LogP contribution in [0.15, 0.2) is 16.9 Å². The number of hydrogen-bond acceptors (Lipinski definition) is 3. The highest BCUT2D eigenvalue weighted by molar-refractivity contribution is 5.76. The van der Waals surface area contributed by atoms with Crippen molar-refractivity contribution in [3.63, 3.8) is 0 Å². The molecule has 1 unspecified atom stereocenters. The zero-order valence-corrected chi connectivity index (χ0v) is 11.6. The van der Waals surface area contributed by atoms with Crippen LogP contribution >= 0.6 is 0 Å². The normalized spacial score (nSPS) is 21.3. The third-order valence-electron chi connectivity index (χ3n) is 4.02. The van der Waals surface area contributed by atoms with E-state index in [2.05, 4.69) is 15.6 Å². The first kappa shape index (κ1) is 13.4. The summed E-state index contributed by atoms with van der Waals surface area (Å²) in [5.74, 6) is 0.137. The van der Waals surface area contributed by atoms with E-state index in [0.717, 1.165) is 37.8 Å². The molecular formula is C15H21N3O2. The molecule has 1 saturated carbocycles. The highest BCUT2D eigenvalue weighted by Crippen LogP contribution is 2.27.